The average Bonchev–Trinajstić information content (AvgIpc) is 2.67. The first kappa shape index (κ1) is 12.3. The Morgan fingerprint density at radius 2 is 1.88 bits per heavy atom. The molecule has 0 radical (unpaired) electrons. The molecule has 0 bridgehead atoms. The maximum atomic E-state index is 6.39. The summed E-state index contributed by atoms with van der Waals surface area (Å²) in [6, 6.07) is 9.42. The highest BCUT2D eigenvalue weighted by Gasteiger charge is 2.16. The van der Waals surface area contributed by atoms with E-state index < -0.39 is 0 Å². The summed E-state index contributed by atoms with van der Waals surface area (Å²) in [4.78, 5) is 2.32. The molecule has 2 rings (SSSR count). The van der Waals surface area contributed by atoms with Gasteiger partial charge in [0.1, 0.15) is 0 Å². The number of hydrogen-bond donors (Lipinski definition) is 0. The van der Waals surface area contributed by atoms with Crippen molar-refractivity contribution in [1.82, 2.24) is 0 Å². The van der Waals surface area contributed by atoms with Gasteiger partial charge in [0, 0.05) is 19.8 Å². The largest absolute Gasteiger partial charge is 0.144 e. The second kappa shape index (κ2) is 4.97. The van der Waals surface area contributed by atoms with E-state index in [9.17, 15) is 0 Å². The first-order valence-electron chi connectivity index (χ1n) is 4.73. The van der Waals surface area contributed by atoms with Crippen LogP contribution in [0.5, 0.6) is 0 Å². The molecule has 1 heterocycles. The molecule has 0 aliphatic heterocycles. The summed E-state index contributed by atoms with van der Waals surface area (Å²) in [5, 5.41) is 1.07. The van der Waals surface area contributed by atoms with Crippen molar-refractivity contribution >= 4 is 46.1 Å². The van der Waals surface area contributed by atoms with Crippen molar-refractivity contribution in [2.75, 3.05) is 0 Å². The fraction of sp³-hybridized carbons (Fsp3) is 0.167. The van der Waals surface area contributed by atoms with Crippen molar-refractivity contribution in [2.24, 2.45) is 0 Å². The second-order valence-corrected chi connectivity index (χ2v) is 6.08. The van der Waals surface area contributed by atoms with Crippen LogP contribution in [0.2, 0.25) is 10.0 Å². The molecular weight excluding hydrogens is 283 g/mol. The summed E-state index contributed by atoms with van der Waals surface area (Å²) < 4.78 is 0. The van der Waals surface area contributed by atoms with Gasteiger partial charge in [-0.3, -0.25) is 0 Å². The first-order valence-corrected chi connectivity index (χ1v) is 6.74. The van der Waals surface area contributed by atoms with Gasteiger partial charge in [0.15, 0.2) is 0 Å². The SMILES string of the molecule is Cc1ccc(C(Cl)c2cc(Cl)ccc2Cl)s1. The van der Waals surface area contributed by atoms with E-state index in [1.165, 1.54) is 4.88 Å². The normalized spacial score (nSPS) is 12.8. The van der Waals surface area contributed by atoms with Crippen molar-refractivity contribution < 1.29 is 0 Å². The zero-order valence-electron chi connectivity index (χ0n) is 8.51. The molecule has 0 nitrogen and oxygen atoms in total. The van der Waals surface area contributed by atoms with Gasteiger partial charge in [0.2, 0.25) is 0 Å². The number of aryl methyl sites for hydroxylation is 1. The third-order valence-electron chi connectivity index (χ3n) is 2.24. The molecule has 2 aromatic rings. The number of alkyl halides is 1. The van der Waals surface area contributed by atoms with E-state index >= 15 is 0 Å². The smallest absolute Gasteiger partial charge is 0.0942 e. The maximum Gasteiger partial charge on any atom is 0.0942 e. The molecule has 0 saturated heterocycles. The minimum Gasteiger partial charge on any atom is -0.144 e. The molecule has 0 fully saturated rings. The predicted molar refractivity (Wildman–Crippen MR) is 73.2 cm³/mol. The Balaban J connectivity index is 2.40. The van der Waals surface area contributed by atoms with Gasteiger partial charge in [-0.25, -0.2) is 0 Å². The molecule has 1 unspecified atom stereocenters. The van der Waals surface area contributed by atoms with Crippen LogP contribution in [-0.4, -0.2) is 0 Å². The van der Waals surface area contributed by atoms with E-state index in [0.717, 1.165) is 10.4 Å². The number of thiophene rings is 1. The Kier molecular flexibility index (Phi) is 3.81. The van der Waals surface area contributed by atoms with Gasteiger partial charge in [0.05, 0.1) is 5.38 Å². The molecule has 16 heavy (non-hydrogen) atoms. The second-order valence-electron chi connectivity index (χ2n) is 3.48. The Bertz CT molecular complexity index is 505. The zero-order valence-corrected chi connectivity index (χ0v) is 11.6. The Morgan fingerprint density at radius 3 is 2.50 bits per heavy atom. The van der Waals surface area contributed by atoms with Gasteiger partial charge in [-0.15, -0.1) is 22.9 Å². The standard InChI is InChI=1S/C12H9Cl3S/c1-7-2-5-11(16-7)12(15)9-6-8(13)3-4-10(9)14/h2-6,12H,1H3. The number of halogens is 3. The molecule has 0 amide bonds. The van der Waals surface area contributed by atoms with Gasteiger partial charge in [-0.2, -0.15) is 0 Å². The third-order valence-corrected chi connectivity index (χ3v) is 4.49. The Hall–Kier alpha value is -0.210. The van der Waals surface area contributed by atoms with Gasteiger partial charge >= 0.3 is 0 Å². The highest BCUT2D eigenvalue weighted by molar-refractivity contribution is 7.12. The molecule has 0 N–H and O–H groups in total. The quantitative estimate of drug-likeness (QED) is 0.623. The lowest BCUT2D eigenvalue weighted by atomic mass is 10.1. The van der Waals surface area contributed by atoms with Gasteiger partial charge in [-0.05, 0) is 42.8 Å². The van der Waals surface area contributed by atoms with Crippen LogP contribution in [0.4, 0.5) is 0 Å². The summed E-state index contributed by atoms with van der Waals surface area (Å²) in [5.41, 5.74) is 0.859. The van der Waals surface area contributed by atoms with Crippen molar-refractivity contribution in [3.8, 4) is 0 Å². The van der Waals surface area contributed by atoms with Crippen molar-refractivity contribution in [1.29, 1.82) is 0 Å². The van der Waals surface area contributed by atoms with E-state index in [1.54, 1.807) is 23.5 Å². The maximum absolute atomic E-state index is 6.39. The lowest BCUT2D eigenvalue weighted by molar-refractivity contribution is 1.18. The van der Waals surface area contributed by atoms with Crippen molar-refractivity contribution in [3.05, 3.63) is 55.7 Å². The van der Waals surface area contributed by atoms with Crippen LogP contribution >= 0.6 is 46.1 Å². The van der Waals surface area contributed by atoms with Crippen LogP contribution in [0.25, 0.3) is 0 Å². The van der Waals surface area contributed by atoms with E-state index in [4.69, 9.17) is 34.8 Å². The molecule has 84 valence electrons. The fourth-order valence-corrected chi connectivity index (χ4v) is 3.18. The Morgan fingerprint density at radius 1 is 1.12 bits per heavy atom. The van der Waals surface area contributed by atoms with Gasteiger partial charge in [0.25, 0.3) is 0 Å². The van der Waals surface area contributed by atoms with Crippen molar-refractivity contribution in [3.63, 3.8) is 0 Å². The Labute approximate surface area is 114 Å². The minimum absolute atomic E-state index is 0.232. The van der Waals surface area contributed by atoms with Crippen molar-refractivity contribution in [2.45, 2.75) is 12.3 Å². The number of rotatable bonds is 2. The summed E-state index contributed by atoms with van der Waals surface area (Å²) in [5.74, 6) is 0. The highest BCUT2D eigenvalue weighted by Crippen LogP contribution is 2.37. The number of benzene rings is 1. The van der Waals surface area contributed by atoms with Gasteiger partial charge in [-0.1, -0.05) is 23.2 Å². The number of hydrogen-bond acceptors (Lipinski definition) is 1. The van der Waals surface area contributed by atoms with E-state index in [0.29, 0.717) is 10.0 Å². The minimum atomic E-state index is -0.232. The lowest BCUT2D eigenvalue weighted by Crippen LogP contribution is -1.91. The predicted octanol–water partition coefficient (Wildman–Crippen LogP) is 5.69. The van der Waals surface area contributed by atoms with E-state index in [-0.39, 0.29) is 5.38 Å². The molecule has 0 aliphatic carbocycles. The summed E-state index contributed by atoms with van der Waals surface area (Å²) >= 11 is 20.1. The molecule has 1 aromatic carbocycles. The molecule has 0 aliphatic rings. The molecule has 4 heteroatoms. The molecular formula is C12H9Cl3S. The third kappa shape index (κ3) is 2.54. The lowest BCUT2D eigenvalue weighted by Gasteiger charge is -2.10. The van der Waals surface area contributed by atoms with Crippen LogP contribution in [0.15, 0.2) is 30.3 Å². The molecule has 0 saturated carbocycles. The van der Waals surface area contributed by atoms with Crippen LogP contribution in [-0.2, 0) is 0 Å². The average molecular weight is 292 g/mol. The molecule has 1 atom stereocenters. The summed E-state index contributed by atoms with van der Waals surface area (Å²) in [6.45, 7) is 2.05. The highest BCUT2D eigenvalue weighted by atomic mass is 35.5. The van der Waals surface area contributed by atoms with Crippen LogP contribution < -0.4 is 0 Å². The molecule has 1 aromatic heterocycles. The summed E-state index contributed by atoms with van der Waals surface area (Å²) in [7, 11) is 0. The van der Waals surface area contributed by atoms with Crippen LogP contribution in [0, 0.1) is 6.92 Å². The van der Waals surface area contributed by atoms with Crippen LogP contribution in [0.1, 0.15) is 20.7 Å². The van der Waals surface area contributed by atoms with E-state index in [2.05, 4.69) is 6.92 Å². The van der Waals surface area contributed by atoms with Gasteiger partial charge < -0.3 is 0 Å². The molecule has 0 spiro atoms. The topological polar surface area (TPSA) is 0 Å². The van der Waals surface area contributed by atoms with E-state index in [1.807, 2.05) is 18.2 Å². The van der Waals surface area contributed by atoms with Crippen LogP contribution in [0.3, 0.4) is 0 Å². The zero-order chi connectivity index (χ0) is 11.7. The monoisotopic (exact) mass is 290 g/mol. The summed E-state index contributed by atoms with van der Waals surface area (Å²) in [6.07, 6.45) is 0. The first-order chi connectivity index (χ1) is 7.58. The fourth-order valence-electron chi connectivity index (χ4n) is 1.45.